The first-order valence-electron chi connectivity index (χ1n) is 15.9. The molecule has 5 rings (SSSR count). The molecule has 0 aromatic heterocycles. The van der Waals surface area contributed by atoms with E-state index in [2.05, 4.69) is 5.32 Å². The molecular formula is C34H44N4O5. The number of hydrogen-bond donors (Lipinski definition) is 2. The minimum Gasteiger partial charge on any atom is -0.508 e. The summed E-state index contributed by atoms with van der Waals surface area (Å²) in [6.45, 7) is 2.34. The lowest BCUT2D eigenvalue weighted by Gasteiger charge is -2.41. The Labute approximate surface area is 254 Å². The summed E-state index contributed by atoms with van der Waals surface area (Å²) in [5.41, 5.74) is 2.00. The summed E-state index contributed by atoms with van der Waals surface area (Å²) in [6, 6.07) is 16.5. The molecule has 4 amide bonds. The van der Waals surface area contributed by atoms with Crippen LogP contribution in [0.15, 0.2) is 54.6 Å². The van der Waals surface area contributed by atoms with Crippen molar-refractivity contribution in [1.82, 2.24) is 20.0 Å². The number of rotatable bonds is 12. The number of phenols is 1. The van der Waals surface area contributed by atoms with Crippen LogP contribution in [0.3, 0.4) is 0 Å². The maximum Gasteiger partial charge on any atom is 0.312 e. The van der Waals surface area contributed by atoms with Crippen molar-refractivity contribution in [3.05, 3.63) is 65.7 Å². The quantitative estimate of drug-likeness (QED) is 0.291. The van der Waals surface area contributed by atoms with Crippen LogP contribution in [-0.2, 0) is 32.1 Å². The van der Waals surface area contributed by atoms with E-state index in [1.54, 1.807) is 26.8 Å². The molecule has 0 bridgehead atoms. The lowest BCUT2D eigenvalue weighted by molar-refractivity contribution is -0.159. The van der Waals surface area contributed by atoms with E-state index < -0.39 is 23.6 Å². The van der Waals surface area contributed by atoms with Gasteiger partial charge in [0.2, 0.25) is 0 Å². The normalized spacial score (nSPS) is 21.8. The van der Waals surface area contributed by atoms with Crippen LogP contribution in [0, 0.1) is 5.92 Å². The van der Waals surface area contributed by atoms with Gasteiger partial charge < -0.3 is 25.1 Å². The molecule has 3 aliphatic rings. The van der Waals surface area contributed by atoms with Crippen molar-refractivity contribution in [2.75, 3.05) is 26.2 Å². The zero-order valence-electron chi connectivity index (χ0n) is 25.0. The number of nitrogens with zero attached hydrogens (tertiary/aromatic N) is 3. The van der Waals surface area contributed by atoms with Gasteiger partial charge in [0.1, 0.15) is 5.75 Å². The largest absolute Gasteiger partial charge is 0.508 e. The Morgan fingerprint density at radius 1 is 0.721 bits per heavy atom. The Morgan fingerprint density at radius 3 is 2.21 bits per heavy atom. The van der Waals surface area contributed by atoms with Crippen LogP contribution in [0.2, 0.25) is 0 Å². The van der Waals surface area contributed by atoms with Crippen LogP contribution in [0.5, 0.6) is 5.75 Å². The minimum absolute atomic E-state index is 0.120. The van der Waals surface area contributed by atoms with Gasteiger partial charge in [-0.05, 0) is 61.3 Å². The molecule has 230 valence electrons. The first-order chi connectivity index (χ1) is 20.9. The minimum atomic E-state index is -0.572. The second-order valence-corrected chi connectivity index (χ2v) is 12.3. The summed E-state index contributed by atoms with van der Waals surface area (Å²) in [5, 5.41) is 12.4. The number of carbonyl (C=O) groups excluding carboxylic acids is 4. The molecule has 2 heterocycles. The molecule has 2 aromatic rings. The topological polar surface area (TPSA) is 110 Å². The molecule has 0 spiro atoms. The van der Waals surface area contributed by atoms with Crippen LogP contribution in [0.25, 0.3) is 0 Å². The molecule has 0 unspecified atom stereocenters. The number of carbonyl (C=O) groups is 4. The summed E-state index contributed by atoms with van der Waals surface area (Å²) in [4.78, 5) is 56.6. The van der Waals surface area contributed by atoms with Gasteiger partial charge in [0.15, 0.2) is 0 Å². The fourth-order valence-corrected chi connectivity index (χ4v) is 6.83. The van der Waals surface area contributed by atoms with E-state index in [1.165, 1.54) is 32.1 Å². The first-order valence-corrected chi connectivity index (χ1v) is 15.9. The molecule has 1 aliphatic carbocycles. The third-order valence-corrected chi connectivity index (χ3v) is 9.32. The van der Waals surface area contributed by atoms with E-state index in [4.69, 9.17) is 0 Å². The van der Waals surface area contributed by atoms with E-state index in [0.717, 1.165) is 24.0 Å². The van der Waals surface area contributed by atoms with Crippen LogP contribution < -0.4 is 5.32 Å². The zero-order valence-corrected chi connectivity index (χ0v) is 25.0. The van der Waals surface area contributed by atoms with E-state index in [-0.39, 0.29) is 17.8 Å². The van der Waals surface area contributed by atoms with Crippen molar-refractivity contribution in [3.8, 4) is 5.75 Å². The van der Waals surface area contributed by atoms with Crippen molar-refractivity contribution in [2.45, 2.75) is 82.8 Å². The Hall–Kier alpha value is -3.88. The Balaban J connectivity index is 1.18. The molecule has 2 N–H and O–H groups in total. The van der Waals surface area contributed by atoms with E-state index in [0.29, 0.717) is 57.9 Å². The summed E-state index contributed by atoms with van der Waals surface area (Å²) in [5.74, 6) is -1.12. The fourth-order valence-electron chi connectivity index (χ4n) is 6.83. The highest BCUT2D eigenvalue weighted by atomic mass is 16.3. The van der Waals surface area contributed by atoms with Gasteiger partial charge in [0, 0.05) is 38.8 Å². The smallest absolute Gasteiger partial charge is 0.312 e. The predicted octanol–water partition coefficient (Wildman–Crippen LogP) is 3.64. The number of aromatic hydroxyl groups is 1. The molecule has 9 heteroatoms. The second kappa shape index (κ2) is 14.5. The maximum atomic E-state index is 13.4. The number of hydrogen-bond acceptors (Lipinski definition) is 5. The fraction of sp³-hybridized carbons (Fsp3) is 0.529. The maximum absolute atomic E-state index is 13.4. The second-order valence-electron chi connectivity index (χ2n) is 12.3. The number of nitrogens with one attached hydrogen (secondary N) is 1. The van der Waals surface area contributed by atoms with Gasteiger partial charge in [-0.15, -0.1) is 0 Å². The third kappa shape index (κ3) is 7.94. The van der Waals surface area contributed by atoms with Gasteiger partial charge in [0.25, 0.3) is 0 Å². The van der Waals surface area contributed by atoms with E-state index in [9.17, 15) is 24.3 Å². The van der Waals surface area contributed by atoms with Gasteiger partial charge >= 0.3 is 23.6 Å². The summed E-state index contributed by atoms with van der Waals surface area (Å²) in [6.07, 6.45) is 9.87. The van der Waals surface area contributed by atoms with Crippen molar-refractivity contribution >= 4 is 23.6 Å². The molecule has 3 fully saturated rings. The molecule has 2 atom stereocenters. The van der Waals surface area contributed by atoms with Crippen molar-refractivity contribution in [3.63, 3.8) is 0 Å². The SMILES string of the molecule is O=C1NC[C@@H](CCCCN2C[C@H](Cc3ccc(O)cc3)N(CCC3CCCCC3)C(=O)C2=O)N(Cc2ccccc2)C1=O. The lowest BCUT2D eigenvalue weighted by atomic mass is 9.86. The molecule has 2 saturated heterocycles. The van der Waals surface area contributed by atoms with Crippen molar-refractivity contribution < 1.29 is 24.3 Å². The van der Waals surface area contributed by atoms with Gasteiger partial charge in [-0.3, -0.25) is 19.2 Å². The summed E-state index contributed by atoms with van der Waals surface area (Å²) in [7, 11) is 0. The highest BCUT2D eigenvalue weighted by molar-refractivity contribution is 6.36. The van der Waals surface area contributed by atoms with Crippen LogP contribution in [0.1, 0.15) is 68.9 Å². The molecule has 2 aromatic carbocycles. The van der Waals surface area contributed by atoms with Crippen LogP contribution >= 0.6 is 0 Å². The lowest BCUT2D eigenvalue weighted by Crippen LogP contribution is -2.60. The monoisotopic (exact) mass is 588 g/mol. The molecule has 1 saturated carbocycles. The molecular weight excluding hydrogens is 544 g/mol. The first kappa shape index (κ1) is 30.6. The van der Waals surface area contributed by atoms with Crippen LogP contribution in [0.4, 0.5) is 0 Å². The predicted molar refractivity (Wildman–Crippen MR) is 163 cm³/mol. The third-order valence-electron chi connectivity index (χ3n) is 9.32. The number of unbranched alkanes of at least 4 members (excludes halogenated alkanes) is 1. The highest BCUT2D eigenvalue weighted by Gasteiger charge is 2.39. The Kier molecular flexibility index (Phi) is 10.3. The average molecular weight is 589 g/mol. The van der Waals surface area contributed by atoms with Gasteiger partial charge in [-0.1, -0.05) is 74.6 Å². The average Bonchev–Trinajstić information content (AvgIpc) is 3.02. The highest BCUT2D eigenvalue weighted by Crippen LogP contribution is 2.28. The van der Waals surface area contributed by atoms with E-state index in [1.807, 2.05) is 42.5 Å². The molecule has 2 aliphatic heterocycles. The zero-order chi connectivity index (χ0) is 30.2. The number of benzene rings is 2. The standard InChI is InChI=1S/C34H44N4O5/c39-30-16-14-26(15-17-30)21-29-24-36(33(42)34(43)37(29)20-18-25-9-3-1-4-10-25)19-8-7-13-28-22-35-31(40)32(41)38(28)23-27-11-5-2-6-12-27/h2,5-6,11-12,14-17,25,28-29,39H,1,3-4,7-10,13,18-24H2,(H,35,40)/t28-,29+/m1/s1. The van der Waals surface area contributed by atoms with Gasteiger partial charge in [-0.25, -0.2) is 0 Å². The molecule has 9 nitrogen and oxygen atoms in total. The Bertz CT molecular complexity index is 1260. The number of piperazine rings is 2. The molecule has 0 radical (unpaired) electrons. The van der Waals surface area contributed by atoms with Crippen LogP contribution in [-0.4, -0.2) is 81.7 Å². The number of phenolic OH excluding ortho intramolecular Hbond substituents is 1. The summed E-state index contributed by atoms with van der Waals surface area (Å²) >= 11 is 0. The van der Waals surface area contributed by atoms with Gasteiger partial charge in [-0.2, -0.15) is 0 Å². The molecule has 43 heavy (non-hydrogen) atoms. The van der Waals surface area contributed by atoms with E-state index >= 15 is 0 Å². The van der Waals surface area contributed by atoms with Gasteiger partial charge in [0.05, 0.1) is 6.04 Å². The Morgan fingerprint density at radius 2 is 1.47 bits per heavy atom. The van der Waals surface area contributed by atoms with Crippen molar-refractivity contribution in [2.24, 2.45) is 5.92 Å². The number of amides is 4. The summed E-state index contributed by atoms with van der Waals surface area (Å²) < 4.78 is 0. The van der Waals surface area contributed by atoms with Crippen molar-refractivity contribution in [1.29, 1.82) is 0 Å².